The Hall–Kier alpha value is -2.68. The number of allylic oxidation sites excluding steroid dienone is 1. The number of nitriles is 1. The Morgan fingerprint density at radius 3 is 2.59 bits per heavy atom. The van der Waals surface area contributed by atoms with Gasteiger partial charge in [0.2, 0.25) is 0 Å². The third-order valence-electron chi connectivity index (χ3n) is 4.50. The van der Waals surface area contributed by atoms with Crippen LogP contribution in [-0.2, 0) is 0 Å². The lowest BCUT2D eigenvalue weighted by Gasteiger charge is -2.09. The van der Waals surface area contributed by atoms with E-state index in [0.29, 0.717) is 5.57 Å². The van der Waals surface area contributed by atoms with Crippen LogP contribution in [0.5, 0.6) is 0 Å². The molecule has 27 heavy (non-hydrogen) atoms. The van der Waals surface area contributed by atoms with Gasteiger partial charge in [0.25, 0.3) is 0 Å². The van der Waals surface area contributed by atoms with Gasteiger partial charge in [-0.3, -0.25) is 0 Å². The minimum atomic E-state index is 0.590. The van der Waals surface area contributed by atoms with Gasteiger partial charge in [0.1, 0.15) is 11.1 Å². The highest BCUT2D eigenvalue weighted by atomic mass is 79.9. The van der Waals surface area contributed by atoms with E-state index in [1.54, 1.807) is 11.3 Å². The summed E-state index contributed by atoms with van der Waals surface area (Å²) in [6.07, 6.45) is 1.94. The Kier molecular flexibility index (Phi) is 4.69. The van der Waals surface area contributed by atoms with Gasteiger partial charge in [-0.15, -0.1) is 11.3 Å². The molecule has 2 heterocycles. The maximum Gasteiger partial charge on any atom is 0.135 e. The van der Waals surface area contributed by atoms with E-state index in [2.05, 4.69) is 63.6 Å². The molecule has 0 atom stereocenters. The first-order chi connectivity index (χ1) is 13.1. The quantitative estimate of drug-likeness (QED) is 0.344. The average Bonchev–Trinajstić information content (AvgIpc) is 3.21. The first-order valence-corrected chi connectivity index (χ1v) is 10.1. The van der Waals surface area contributed by atoms with E-state index in [1.807, 2.05) is 42.5 Å². The third kappa shape index (κ3) is 3.34. The Labute approximate surface area is 170 Å². The fraction of sp³-hybridized carbons (Fsp3) is 0.0909. The number of hydrogen-bond donors (Lipinski definition) is 0. The van der Waals surface area contributed by atoms with Crippen LogP contribution < -0.4 is 0 Å². The van der Waals surface area contributed by atoms with Crippen molar-refractivity contribution in [2.45, 2.75) is 13.8 Å². The lowest BCUT2D eigenvalue weighted by atomic mass is 10.1. The fourth-order valence-electron chi connectivity index (χ4n) is 3.21. The molecule has 0 bridgehead atoms. The standard InChI is InChI=1S/C22H16BrN3S/c1-14-11-16(15(2)26(14)19-9-7-18(23)8-10-19)12-17(13-24)22-25-20-5-3-4-6-21(20)27-22/h3-12H,1-2H3/b17-12-. The predicted octanol–water partition coefficient (Wildman–Crippen LogP) is 6.53. The summed E-state index contributed by atoms with van der Waals surface area (Å²) in [7, 11) is 0. The molecule has 4 rings (SSSR count). The Bertz CT molecular complexity index is 1170. The minimum absolute atomic E-state index is 0.590. The number of hydrogen-bond acceptors (Lipinski definition) is 3. The van der Waals surface area contributed by atoms with E-state index in [9.17, 15) is 5.26 Å². The predicted molar refractivity (Wildman–Crippen MR) is 116 cm³/mol. The van der Waals surface area contributed by atoms with Gasteiger partial charge >= 0.3 is 0 Å². The Morgan fingerprint density at radius 1 is 1.15 bits per heavy atom. The number of aromatic nitrogens is 2. The third-order valence-corrected chi connectivity index (χ3v) is 6.10. The molecule has 0 N–H and O–H groups in total. The van der Waals surface area contributed by atoms with Crippen LogP contribution in [0, 0.1) is 25.2 Å². The molecule has 5 heteroatoms. The van der Waals surface area contributed by atoms with Crippen molar-refractivity contribution in [1.29, 1.82) is 5.26 Å². The number of aryl methyl sites for hydroxylation is 1. The van der Waals surface area contributed by atoms with E-state index in [-0.39, 0.29) is 0 Å². The van der Waals surface area contributed by atoms with Crippen LogP contribution in [0.25, 0.3) is 27.6 Å². The number of benzene rings is 2. The molecule has 0 amide bonds. The van der Waals surface area contributed by atoms with Gasteiger partial charge in [0.05, 0.1) is 15.8 Å². The van der Waals surface area contributed by atoms with Crippen molar-refractivity contribution in [2.24, 2.45) is 0 Å². The topological polar surface area (TPSA) is 41.6 Å². The van der Waals surface area contributed by atoms with Crippen molar-refractivity contribution in [1.82, 2.24) is 9.55 Å². The van der Waals surface area contributed by atoms with Crippen molar-refractivity contribution in [3.8, 4) is 11.8 Å². The lowest BCUT2D eigenvalue weighted by Crippen LogP contribution is -1.98. The number of fused-ring (bicyclic) bond motifs is 1. The molecule has 4 aromatic rings. The molecule has 0 fully saturated rings. The summed E-state index contributed by atoms with van der Waals surface area (Å²) >= 11 is 5.03. The zero-order valence-electron chi connectivity index (χ0n) is 14.9. The Morgan fingerprint density at radius 2 is 1.89 bits per heavy atom. The van der Waals surface area contributed by atoms with Crippen molar-refractivity contribution >= 4 is 49.1 Å². The Balaban J connectivity index is 1.79. The maximum atomic E-state index is 9.72. The monoisotopic (exact) mass is 433 g/mol. The van der Waals surface area contributed by atoms with Crippen LogP contribution in [0.15, 0.2) is 59.1 Å². The minimum Gasteiger partial charge on any atom is -0.318 e. The number of rotatable bonds is 3. The molecule has 132 valence electrons. The van der Waals surface area contributed by atoms with Crippen LogP contribution in [-0.4, -0.2) is 9.55 Å². The van der Waals surface area contributed by atoms with Crippen molar-refractivity contribution < 1.29 is 0 Å². The van der Waals surface area contributed by atoms with Crippen LogP contribution in [0.4, 0.5) is 0 Å². The SMILES string of the molecule is Cc1cc(/C=C(/C#N)c2nc3ccccc3s2)c(C)n1-c1ccc(Br)cc1. The van der Waals surface area contributed by atoms with Gasteiger partial charge in [0.15, 0.2) is 0 Å². The molecule has 2 aromatic carbocycles. The second kappa shape index (κ2) is 7.15. The summed E-state index contributed by atoms with van der Waals surface area (Å²) in [4.78, 5) is 4.62. The van der Waals surface area contributed by atoms with Gasteiger partial charge in [-0.05, 0) is 68.0 Å². The van der Waals surface area contributed by atoms with Crippen LogP contribution in [0.3, 0.4) is 0 Å². The molecule has 0 saturated carbocycles. The summed E-state index contributed by atoms with van der Waals surface area (Å²) in [5.41, 5.74) is 5.88. The molecule has 0 spiro atoms. The first kappa shape index (κ1) is 17.7. The van der Waals surface area contributed by atoms with E-state index >= 15 is 0 Å². The average molecular weight is 434 g/mol. The zero-order valence-corrected chi connectivity index (χ0v) is 17.3. The molecule has 0 aliphatic carbocycles. The van der Waals surface area contributed by atoms with Crippen LogP contribution in [0.2, 0.25) is 0 Å². The lowest BCUT2D eigenvalue weighted by molar-refractivity contribution is 0.964. The van der Waals surface area contributed by atoms with Gasteiger partial charge in [-0.2, -0.15) is 5.26 Å². The number of para-hydroxylation sites is 1. The molecule has 0 saturated heterocycles. The second-order valence-electron chi connectivity index (χ2n) is 6.29. The molecule has 0 unspecified atom stereocenters. The van der Waals surface area contributed by atoms with Crippen molar-refractivity contribution in [3.05, 3.63) is 81.0 Å². The number of halogens is 1. The van der Waals surface area contributed by atoms with E-state index in [4.69, 9.17) is 0 Å². The zero-order chi connectivity index (χ0) is 19.0. The summed E-state index contributed by atoms with van der Waals surface area (Å²) in [6, 6.07) is 20.6. The van der Waals surface area contributed by atoms with Gasteiger partial charge in [0, 0.05) is 21.5 Å². The molecule has 0 aliphatic rings. The number of nitrogens with zero attached hydrogens (tertiary/aromatic N) is 3. The van der Waals surface area contributed by atoms with Gasteiger partial charge in [-0.25, -0.2) is 4.98 Å². The second-order valence-corrected chi connectivity index (χ2v) is 8.24. The van der Waals surface area contributed by atoms with Gasteiger partial charge < -0.3 is 4.57 Å². The fourth-order valence-corrected chi connectivity index (χ4v) is 4.40. The molecular weight excluding hydrogens is 418 g/mol. The molecule has 0 aliphatic heterocycles. The summed E-state index contributed by atoms with van der Waals surface area (Å²) in [5, 5.41) is 10.5. The van der Waals surface area contributed by atoms with Gasteiger partial charge in [-0.1, -0.05) is 28.1 Å². The highest BCUT2D eigenvalue weighted by Crippen LogP contribution is 2.30. The van der Waals surface area contributed by atoms with Crippen LogP contribution in [0.1, 0.15) is 22.0 Å². The van der Waals surface area contributed by atoms with Crippen molar-refractivity contribution in [2.75, 3.05) is 0 Å². The smallest absolute Gasteiger partial charge is 0.135 e. The molecule has 0 radical (unpaired) electrons. The van der Waals surface area contributed by atoms with Crippen LogP contribution >= 0.6 is 27.3 Å². The van der Waals surface area contributed by atoms with E-state index < -0.39 is 0 Å². The largest absolute Gasteiger partial charge is 0.318 e. The highest BCUT2D eigenvalue weighted by Gasteiger charge is 2.13. The highest BCUT2D eigenvalue weighted by molar-refractivity contribution is 9.10. The summed E-state index contributed by atoms with van der Waals surface area (Å²) in [6.45, 7) is 4.16. The molecule has 2 aromatic heterocycles. The first-order valence-electron chi connectivity index (χ1n) is 8.49. The van der Waals surface area contributed by atoms with E-state index in [1.165, 1.54) is 0 Å². The molecular formula is C22H16BrN3S. The summed E-state index contributed by atoms with van der Waals surface area (Å²) < 4.78 is 4.34. The number of thiazole rings is 1. The maximum absolute atomic E-state index is 9.72. The van der Waals surface area contributed by atoms with Crippen molar-refractivity contribution in [3.63, 3.8) is 0 Å². The molecule has 3 nitrogen and oxygen atoms in total. The normalized spacial score (nSPS) is 11.7. The van der Waals surface area contributed by atoms with E-state index in [0.717, 1.165) is 42.3 Å². The summed E-state index contributed by atoms with van der Waals surface area (Å²) in [5.74, 6) is 0.